The number of nitro benzene ring substituents is 1. The molecule has 0 bridgehead atoms. The predicted molar refractivity (Wildman–Crippen MR) is 118 cm³/mol. The standard InChI is InChI=1S/C21H16BrN3O5S/c1-30-21(27)18-17(13-3-2-4-14(22)9-13)16(10-23)20(24-19(18)26)31-11-12-5-7-15(8-6-12)25(28)29/h2-9,17-18H,11H2,1H3,(H,24,26)/t17-,18-/m1/s1. The summed E-state index contributed by atoms with van der Waals surface area (Å²) in [4.78, 5) is 35.5. The maximum absolute atomic E-state index is 12.8. The highest BCUT2D eigenvalue weighted by atomic mass is 79.9. The number of hydrogen-bond acceptors (Lipinski definition) is 7. The van der Waals surface area contributed by atoms with Gasteiger partial charge < -0.3 is 10.1 Å². The molecule has 0 aromatic heterocycles. The molecule has 0 saturated carbocycles. The van der Waals surface area contributed by atoms with Crippen LogP contribution in [0.25, 0.3) is 0 Å². The number of carbonyl (C=O) groups excluding carboxylic acids is 2. The number of nitrogens with one attached hydrogen (secondary N) is 1. The first-order valence-electron chi connectivity index (χ1n) is 9.00. The van der Waals surface area contributed by atoms with Crippen molar-refractivity contribution in [2.45, 2.75) is 11.7 Å². The van der Waals surface area contributed by atoms with Gasteiger partial charge in [0, 0.05) is 28.3 Å². The maximum atomic E-state index is 12.8. The molecule has 8 nitrogen and oxygen atoms in total. The molecular weight excluding hydrogens is 486 g/mol. The van der Waals surface area contributed by atoms with Crippen LogP contribution in [0.2, 0.25) is 0 Å². The normalized spacial score (nSPS) is 18.2. The Morgan fingerprint density at radius 2 is 2.03 bits per heavy atom. The van der Waals surface area contributed by atoms with E-state index < -0.39 is 28.6 Å². The number of thioether (sulfide) groups is 1. The molecule has 0 unspecified atom stereocenters. The van der Waals surface area contributed by atoms with E-state index in [1.807, 2.05) is 0 Å². The second-order valence-corrected chi connectivity index (χ2v) is 8.49. The van der Waals surface area contributed by atoms with Crippen molar-refractivity contribution in [2.75, 3.05) is 7.11 Å². The van der Waals surface area contributed by atoms with Gasteiger partial charge in [-0.3, -0.25) is 19.7 Å². The number of benzene rings is 2. The van der Waals surface area contributed by atoms with Crippen LogP contribution in [0, 0.1) is 27.4 Å². The minimum Gasteiger partial charge on any atom is -0.468 e. The van der Waals surface area contributed by atoms with E-state index in [9.17, 15) is 25.0 Å². The number of amides is 1. The van der Waals surface area contributed by atoms with Crippen LogP contribution in [0.1, 0.15) is 17.0 Å². The average molecular weight is 502 g/mol. The van der Waals surface area contributed by atoms with Crippen LogP contribution in [0.3, 0.4) is 0 Å². The molecule has 1 aliphatic heterocycles. The fourth-order valence-electron chi connectivity index (χ4n) is 3.25. The van der Waals surface area contributed by atoms with Crippen LogP contribution in [0.15, 0.2) is 63.6 Å². The Morgan fingerprint density at radius 3 is 2.61 bits per heavy atom. The molecule has 10 heteroatoms. The highest BCUT2D eigenvalue weighted by Gasteiger charge is 2.44. The lowest BCUT2D eigenvalue weighted by Gasteiger charge is -2.31. The van der Waals surface area contributed by atoms with E-state index in [0.717, 1.165) is 10.0 Å². The number of halogens is 1. The molecule has 2 atom stereocenters. The number of methoxy groups -OCH3 is 1. The Morgan fingerprint density at radius 1 is 1.32 bits per heavy atom. The molecule has 1 amide bonds. The minimum atomic E-state index is -1.20. The van der Waals surface area contributed by atoms with Gasteiger partial charge in [-0.1, -0.05) is 40.2 Å². The fourth-order valence-corrected chi connectivity index (χ4v) is 4.67. The maximum Gasteiger partial charge on any atom is 0.319 e. The molecule has 1 aliphatic rings. The molecule has 0 fully saturated rings. The lowest BCUT2D eigenvalue weighted by Crippen LogP contribution is -2.44. The summed E-state index contributed by atoms with van der Waals surface area (Å²) in [6, 6.07) is 15.2. The smallest absolute Gasteiger partial charge is 0.319 e. The lowest BCUT2D eigenvalue weighted by molar-refractivity contribution is -0.384. The van der Waals surface area contributed by atoms with Crippen molar-refractivity contribution in [1.29, 1.82) is 5.26 Å². The summed E-state index contributed by atoms with van der Waals surface area (Å²) >= 11 is 4.60. The Labute approximate surface area is 190 Å². The van der Waals surface area contributed by atoms with Crippen LogP contribution >= 0.6 is 27.7 Å². The van der Waals surface area contributed by atoms with E-state index in [0.29, 0.717) is 16.3 Å². The van der Waals surface area contributed by atoms with E-state index in [2.05, 4.69) is 27.3 Å². The number of nitro groups is 1. The van der Waals surface area contributed by atoms with Crippen molar-refractivity contribution < 1.29 is 19.2 Å². The predicted octanol–water partition coefficient (Wildman–Crippen LogP) is 4.03. The van der Waals surface area contributed by atoms with Crippen molar-refractivity contribution in [1.82, 2.24) is 5.32 Å². The third-order valence-corrected chi connectivity index (χ3v) is 6.30. The number of allylic oxidation sites excluding steroid dienone is 1. The van der Waals surface area contributed by atoms with E-state index in [4.69, 9.17) is 4.74 Å². The van der Waals surface area contributed by atoms with Crippen LogP contribution in [0.4, 0.5) is 5.69 Å². The van der Waals surface area contributed by atoms with E-state index in [-0.39, 0.29) is 11.3 Å². The van der Waals surface area contributed by atoms with Crippen molar-refractivity contribution in [3.63, 3.8) is 0 Å². The largest absolute Gasteiger partial charge is 0.468 e. The van der Waals surface area contributed by atoms with Crippen molar-refractivity contribution in [3.05, 3.63) is 84.8 Å². The first kappa shape index (κ1) is 22.5. The molecule has 0 aliphatic carbocycles. The summed E-state index contributed by atoms with van der Waals surface area (Å²) in [5, 5.41) is 23.7. The van der Waals surface area contributed by atoms with Gasteiger partial charge in [0.15, 0.2) is 0 Å². The lowest BCUT2D eigenvalue weighted by atomic mass is 9.78. The topological polar surface area (TPSA) is 122 Å². The van der Waals surface area contributed by atoms with Crippen LogP contribution in [-0.4, -0.2) is 23.9 Å². The number of nitrogens with zero attached hydrogens (tertiary/aromatic N) is 2. The summed E-state index contributed by atoms with van der Waals surface area (Å²) in [5.41, 5.74) is 1.64. The van der Waals surface area contributed by atoms with E-state index in [1.54, 1.807) is 36.4 Å². The molecule has 1 N–H and O–H groups in total. The van der Waals surface area contributed by atoms with Crippen LogP contribution in [-0.2, 0) is 20.1 Å². The Hall–Kier alpha value is -3.16. The van der Waals surface area contributed by atoms with Crippen molar-refractivity contribution in [3.8, 4) is 6.07 Å². The number of carbonyl (C=O) groups is 2. The molecule has 0 radical (unpaired) electrons. The van der Waals surface area contributed by atoms with Gasteiger partial charge >= 0.3 is 5.97 Å². The molecule has 0 spiro atoms. The number of esters is 1. The number of nitriles is 1. The Bertz CT molecular complexity index is 1110. The highest BCUT2D eigenvalue weighted by Crippen LogP contribution is 2.41. The van der Waals surface area contributed by atoms with E-state index >= 15 is 0 Å². The molecule has 31 heavy (non-hydrogen) atoms. The summed E-state index contributed by atoms with van der Waals surface area (Å²) in [7, 11) is 1.20. The summed E-state index contributed by atoms with van der Waals surface area (Å²) < 4.78 is 5.57. The van der Waals surface area contributed by atoms with Gasteiger partial charge in [-0.25, -0.2) is 0 Å². The Kier molecular flexibility index (Phi) is 7.09. The van der Waals surface area contributed by atoms with Gasteiger partial charge in [0.05, 0.1) is 28.7 Å². The van der Waals surface area contributed by atoms with Gasteiger partial charge in [0.25, 0.3) is 5.69 Å². The highest BCUT2D eigenvalue weighted by molar-refractivity contribution is 9.10. The molecule has 3 rings (SSSR count). The molecule has 158 valence electrons. The zero-order chi connectivity index (χ0) is 22.5. The monoisotopic (exact) mass is 501 g/mol. The fraction of sp³-hybridized carbons (Fsp3) is 0.190. The van der Waals surface area contributed by atoms with E-state index in [1.165, 1.54) is 31.0 Å². The van der Waals surface area contributed by atoms with Gasteiger partial charge in [0.2, 0.25) is 5.91 Å². The van der Waals surface area contributed by atoms with Gasteiger partial charge in [-0.15, -0.1) is 11.8 Å². The van der Waals surface area contributed by atoms with Crippen LogP contribution < -0.4 is 5.32 Å². The zero-order valence-electron chi connectivity index (χ0n) is 16.2. The molecule has 2 aromatic rings. The zero-order valence-corrected chi connectivity index (χ0v) is 18.6. The van der Waals surface area contributed by atoms with Gasteiger partial charge in [0.1, 0.15) is 5.92 Å². The Balaban J connectivity index is 1.97. The molecular formula is C21H16BrN3O5S. The summed E-state index contributed by atoms with van der Waals surface area (Å²) in [6.45, 7) is 0. The van der Waals surface area contributed by atoms with Gasteiger partial charge in [-0.2, -0.15) is 5.26 Å². The quantitative estimate of drug-likeness (QED) is 0.274. The molecule has 0 saturated heterocycles. The number of rotatable bonds is 6. The van der Waals surface area contributed by atoms with Crippen LogP contribution in [0.5, 0.6) is 0 Å². The minimum absolute atomic E-state index is 0.0210. The summed E-state index contributed by atoms with van der Waals surface area (Å²) in [5.74, 6) is -2.91. The van der Waals surface area contributed by atoms with Crippen molar-refractivity contribution in [2.24, 2.45) is 5.92 Å². The van der Waals surface area contributed by atoms with Crippen molar-refractivity contribution >= 4 is 45.3 Å². The molecule has 2 aromatic carbocycles. The SMILES string of the molecule is COC(=O)[C@H]1C(=O)NC(SCc2ccc([N+](=O)[O-])cc2)=C(C#N)[C@H]1c1cccc(Br)c1. The number of hydrogen-bond donors (Lipinski definition) is 1. The second kappa shape index (κ2) is 9.76. The third kappa shape index (κ3) is 4.95. The first-order valence-corrected chi connectivity index (χ1v) is 10.8. The third-order valence-electron chi connectivity index (χ3n) is 4.72. The average Bonchev–Trinajstić information content (AvgIpc) is 2.76. The number of non-ortho nitro benzene ring substituents is 1. The molecule has 1 heterocycles. The summed E-state index contributed by atoms with van der Waals surface area (Å²) in [6.07, 6.45) is 0. The first-order chi connectivity index (χ1) is 14.8. The van der Waals surface area contributed by atoms with Gasteiger partial charge in [-0.05, 0) is 23.3 Å². The second-order valence-electron chi connectivity index (χ2n) is 6.59. The number of ether oxygens (including phenoxy) is 1.